The first-order valence-corrected chi connectivity index (χ1v) is 8.83. The number of aromatic nitrogens is 2. The molecule has 1 amide bonds. The first-order valence-electron chi connectivity index (χ1n) is 8.83. The summed E-state index contributed by atoms with van der Waals surface area (Å²) in [5, 5.41) is 0. The van der Waals surface area contributed by atoms with E-state index in [9.17, 15) is 4.79 Å². The Morgan fingerprint density at radius 3 is 2.52 bits per heavy atom. The number of likely N-dealkylation sites (N-methyl/N-ethyl adjacent to an activating group) is 1. The van der Waals surface area contributed by atoms with Crippen LogP contribution in [0.5, 0.6) is 11.5 Å². The van der Waals surface area contributed by atoms with Crippen LogP contribution < -0.4 is 9.47 Å². The molecule has 0 fully saturated rings. The minimum atomic E-state index is -0.0296. The van der Waals surface area contributed by atoms with Crippen molar-refractivity contribution >= 4 is 5.91 Å². The number of imidazole rings is 1. The van der Waals surface area contributed by atoms with Crippen LogP contribution in [-0.4, -0.2) is 46.7 Å². The van der Waals surface area contributed by atoms with Crippen molar-refractivity contribution in [1.29, 1.82) is 0 Å². The molecule has 0 bridgehead atoms. The minimum Gasteiger partial charge on any atom is -0.490 e. The number of hydrogen-bond acceptors (Lipinski definition) is 4. The number of benzene rings is 1. The predicted molar refractivity (Wildman–Crippen MR) is 97.9 cm³/mol. The van der Waals surface area contributed by atoms with Gasteiger partial charge in [0.25, 0.3) is 5.91 Å². The number of amides is 1. The third kappa shape index (κ3) is 4.53. The lowest BCUT2D eigenvalue weighted by Crippen LogP contribution is -2.34. The summed E-state index contributed by atoms with van der Waals surface area (Å²) in [6.45, 7) is 10.6. The standard InChI is InChI=1S/C19H27N3O3/c1-5-21(6-2)18(23)14-25-16-10-9-15(13-17(16)24-8-4)19-20-11-12-22(19)7-3/h9-13H,5-8,14H2,1-4H3. The van der Waals surface area contributed by atoms with Crippen LogP contribution in [0.15, 0.2) is 30.6 Å². The van der Waals surface area contributed by atoms with E-state index in [1.165, 1.54) is 0 Å². The molecule has 0 spiro atoms. The van der Waals surface area contributed by atoms with Gasteiger partial charge in [0.1, 0.15) is 5.82 Å². The first-order chi connectivity index (χ1) is 12.1. The number of hydrogen-bond donors (Lipinski definition) is 0. The molecule has 25 heavy (non-hydrogen) atoms. The van der Waals surface area contributed by atoms with Crippen LogP contribution in [0.1, 0.15) is 27.7 Å². The number of ether oxygens (including phenoxy) is 2. The van der Waals surface area contributed by atoms with Crippen LogP contribution in [0.3, 0.4) is 0 Å². The van der Waals surface area contributed by atoms with E-state index >= 15 is 0 Å². The molecule has 1 aromatic carbocycles. The van der Waals surface area contributed by atoms with Crippen molar-refractivity contribution in [2.45, 2.75) is 34.2 Å². The first kappa shape index (κ1) is 18.8. The van der Waals surface area contributed by atoms with Gasteiger partial charge in [-0.1, -0.05) is 0 Å². The van der Waals surface area contributed by atoms with E-state index in [-0.39, 0.29) is 12.5 Å². The predicted octanol–water partition coefficient (Wildman–Crippen LogP) is 3.22. The van der Waals surface area contributed by atoms with Crippen LogP contribution in [0, 0.1) is 0 Å². The van der Waals surface area contributed by atoms with Gasteiger partial charge in [0.15, 0.2) is 18.1 Å². The number of nitrogens with zero attached hydrogens (tertiary/aromatic N) is 3. The Kier molecular flexibility index (Phi) is 6.86. The third-order valence-electron chi connectivity index (χ3n) is 4.03. The fraction of sp³-hybridized carbons (Fsp3) is 0.474. The minimum absolute atomic E-state index is 0.00465. The summed E-state index contributed by atoms with van der Waals surface area (Å²) in [6.07, 6.45) is 3.73. The molecule has 6 nitrogen and oxygen atoms in total. The van der Waals surface area contributed by atoms with E-state index in [1.54, 1.807) is 11.1 Å². The van der Waals surface area contributed by atoms with Crippen LogP contribution in [0.25, 0.3) is 11.4 Å². The molecule has 2 aromatic rings. The molecule has 136 valence electrons. The van der Waals surface area contributed by atoms with Crippen molar-refractivity contribution in [3.63, 3.8) is 0 Å². The zero-order valence-corrected chi connectivity index (χ0v) is 15.5. The van der Waals surface area contributed by atoms with Crippen molar-refractivity contribution in [2.75, 3.05) is 26.3 Å². The summed E-state index contributed by atoms with van der Waals surface area (Å²) in [4.78, 5) is 18.3. The lowest BCUT2D eigenvalue weighted by atomic mass is 10.2. The highest BCUT2D eigenvalue weighted by Gasteiger charge is 2.14. The largest absolute Gasteiger partial charge is 0.490 e. The second-order valence-electron chi connectivity index (χ2n) is 5.49. The quantitative estimate of drug-likeness (QED) is 0.700. The molecule has 0 aliphatic carbocycles. The number of carbonyl (C=O) groups is 1. The van der Waals surface area contributed by atoms with Gasteiger partial charge in [0.2, 0.25) is 0 Å². The van der Waals surface area contributed by atoms with E-state index in [0.717, 1.165) is 17.9 Å². The average Bonchev–Trinajstić information content (AvgIpc) is 3.10. The van der Waals surface area contributed by atoms with Gasteiger partial charge in [-0.15, -0.1) is 0 Å². The molecule has 1 aromatic heterocycles. The Morgan fingerprint density at radius 1 is 1.12 bits per heavy atom. The molecule has 0 atom stereocenters. The van der Waals surface area contributed by atoms with Crippen LogP contribution >= 0.6 is 0 Å². The van der Waals surface area contributed by atoms with Crippen LogP contribution in [-0.2, 0) is 11.3 Å². The molecule has 0 aliphatic rings. The van der Waals surface area contributed by atoms with E-state index in [0.29, 0.717) is 31.2 Å². The molecule has 0 radical (unpaired) electrons. The van der Waals surface area contributed by atoms with Crippen LogP contribution in [0.4, 0.5) is 0 Å². The fourth-order valence-electron chi connectivity index (χ4n) is 2.67. The van der Waals surface area contributed by atoms with E-state index in [4.69, 9.17) is 9.47 Å². The van der Waals surface area contributed by atoms with E-state index in [1.807, 2.05) is 45.2 Å². The smallest absolute Gasteiger partial charge is 0.260 e. The topological polar surface area (TPSA) is 56.6 Å². The zero-order chi connectivity index (χ0) is 18.2. The van der Waals surface area contributed by atoms with Crippen molar-refractivity contribution in [1.82, 2.24) is 14.5 Å². The van der Waals surface area contributed by atoms with E-state index < -0.39 is 0 Å². The normalized spacial score (nSPS) is 10.6. The van der Waals surface area contributed by atoms with Crippen molar-refractivity contribution < 1.29 is 14.3 Å². The molecule has 2 rings (SSSR count). The van der Waals surface area contributed by atoms with Gasteiger partial charge in [-0.3, -0.25) is 4.79 Å². The van der Waals surface area contributed by atoms with Gasteiger partial charge in [-0.2, -0.15) is 0 Å². The SMILES string of the molecule is CCOc1cc(-c2nccn2CC)ccc1OCC(=O)N(CC)CC. The molecule has 1 heterocycles. The average molecular weight is 345 g/mol. The zero-order valence-electron chi connectivity index (χ0n) is 15.5. The molecular weight excluding hydrogens is 318 g/mol. The van der Waals surface area contributed by atoms with E-state index in [2.05, 4.69) is 16.5 Å². The molecule has 0 N–H and O–H groups in total. The van der Waals surface area contributed by atoms with Crippen molar-refractivity contribution in [2.24, 2.45) is 0 Å². The third-order valence-corrected chi connectivity index (χ3v) is 4.03. The summed E-state index contributed by atoms with van der Waals surface area (Å²) in [6, 6.07) is 5.69. The number of aryl methyl sites for hydroxylation is 1. The Labute approximate surface area is 149 Å². The van der Waals surface area contributed by atoms with Crippen molar-refractivity contribution in [3.8, 4) is 22.9 Å². The molecule has 0 aliphatic heterocycles. The maximum absolute atomic E-state index is 12.1. The molecular formula is C19H27N3O3. The maximum atomic E-state index is 12.1. The highest BCUT2D eigenvalue weighted by atomic mass is 16.5. The van der Waals surface area contributed by atoms with Gasteiger partial charge >= 0.3 is 0 Å². The molecule has 0 saturated heterocycles. The Hall–Kier alpha value is -2.50. The van der Waals surface area contributed by atoms with Gasteiger partial charge in [0.05, 0.1) is 6.61 Å². The number of carbonyl (C=O) groups excluding carboxylic acids is 1. The number of rotatable bonds is 9. The Morgan fingerprint density at radius 2 is 1.88 bits per heavy atom. The van der Waals surface area contributed by atoms with Gasteiger partial charge in [-0.05, 0) is 45.9 Å². The molecule has 6 heteroatoms. The summed E-state index contributed by atoms with van der Waals surface area (Å²) < 4.78 is 13.5. The summed E-state index contributed by atoms with van der Waals surface area (Å²) >= 11 is 0. The molecule has 0 unspecified atom stereocenters. The lowest BCUT2D eigenvalue weighted by Gasteiger charge is -2.19. The molecule has 0 saturated carbocycles. The lowest BCUT2D eigenvalue weighted by molar-refractivity contribution is -0.132. The summed E-state index contributed by atoms with van der Waals surface area (Å²) in [5.41, 5.74) is 0.956. The maximum Gasteiger partial charge on any atom is 0.260 e. The van der Waals surface area contributed by atoms with Crippen LogP contribution in [0.2, 0.25) is 0 Å². The highest BCUT2D eigenvalue weighted by molar-refractivity contribution is 5.77. The second kappa shape index (κ2) is 9.11. The Bertz CT molecular complexity index is 693. The summed E-state index contributed by atoms with van der Waals surface area (Å²) in [7, 11) is 0. The monoisotopic (exact) mass is 345 g/mol. The highest BCUT2D eigenvalue weighted by Crippen LogP contribution is 2.32. The second-order valence-corrected chi connectivity index (χ2v) is 5.49. The summed E-state index contributed by atoms with van der Waals surface area (Å²) in [5.74, 6) is 2.05. The fourth-order valence-corrected chi connectivity index (χ4v) is 2.67. The van der Waals surface area contributed by atoms with Gasteiger partial charge in [-0.25, -0.2) is 4.98 Å². The Balaban J connectivity index is 2.20. The van der Waals surface area contributed by atoms with Gasteiger partial charge < -0.3 is 18.9 Å². The van der Waals surface area contributed by atoms with Crippen molar-refractivity contribution in [3.05, 3.63) is 30.6 Å². The van der Waals surface area contributed by atoms with Gasteiger partial charge in [0, 0.05) is 37.6 Å².